The summed E-state index contributed by atoms with van der Waals surface area (Å²) in [5.41, 5.74) is 1.00. The topological polar surface area (TPSA) is 55.8 Å². The normalized spacial score (nSPS) is 20.5. The van der Waals surface area contributed by atoms with Gasteiger partial charge in [-0.3, -0.25) is 9.59 Å². The van der Waals surface area contributed by atoms with Crippen LogP contribution in [-0.2, 0) is 9.59 Å². The summed E-state index contributed by atoms with van der Waals surface area (Å²) in [5.74, 6) is -0.825. The van der Waals surface area contributed by atoms with E-state index in [2.05, 4.69) is 0 Å². The van der Waals surface area contributed by atoms with Crippen LogP contribution in [0.3, 0.4) is 0 Å². The van der Waals surface area contributed by atoms with Crippen molar-refractivity contribution >= 4 is 17.5 Å². The number of halogens is 1. The third-order valence-corrected chi connectivity index (χ3v) is 4.24. The number of carbonyl (C=O) groups is 2. The summed E-state index contributed by atoms with van der Waals surface area (Å²) in [5, 5.41) is 0. The maximum atomic E-state index is 14.4. The van der Waals surface area contributed by atoms with Crippen molar-refractivity contribution in [3.8, 4) is 11.5 Å². The van der Waals surface area contributed by atoms with Crippen molar-refractivity contribution < 1.29 is 23.5 Å². The fourth-order valence-electron chi connectivity index (χ4n) is 3.18. The Labute approximate surface area is 126 Å². The molecule has 2 heterocycles. The quantitative estimate of drug-likeness (QED) is 0.747. The minimum absolute atomic E-state index is 0.0614. The molecule has 0 fully saturated rings. The van der Waals surface area contributed by atoms with Gasteiger partial charge in [-0.05, 0) is 25.7 Å². The molecule has 0 saturated carbocycles. The fraction of sp³-hybridized carbons (Fsp3) is 0.375. The maximum absolute atomic E-state index is 14.4. The van der Waals surface area contributed by atoms with Crippen molar-refractivity contribution in [3.05, 3.63) is 29.1 Å². The number of amides is 2. The highest BCUT2D eigenvalue weighted by atomic mass is 19.1. The molecule has 22 heavy (non-hydrogen) atoms. The van der Waals surface area contributed by atoms with Crippen LogP contribution in [-0.4, -0.2) is 25.0 Å². The number of nitrogens with zero attached hydrogens (tertiary/aromatic N) is 1. The minimum Gasteiger partial charge on any atom is -0.486 e. The highest BCUT2D eigenvalue weighted by Crippen LogP contribution is 2.41. The molecule has 1 aliphatic carbocycles. The van der Waals surface area contributed by atoms with Crippen LogP contribution in [0.4, 0.5) is 10.1 Å². The van der Waals surface area contributed by atoms with E-state index in [-0.39, 0.29) is 5.69 Å². The average Bonchev–Trinajstić information content (AvgIpc) is 2.79. The number of anilines is 1. The lowest BCUT2D eigenvalue weighted by Gasteiger charge is -2.22. The van der Waals surface area contributed by atoms with Gasteiger partial charge >= 0.3 is 0 Å². The monoisotopic (exact) mass is 303 g/mol. The van der Waals surface area contributed by atoms with E-state index in [0.29, 0.717) is 48.7 Å². The lowest BCUT2D eigenvalue weighted by atomic mass is 9.93. The van der Waals surface area contributed by atoms with Crippen molar-refractivity contribution in [2.75, 3.05) is 18.1 Å². The van der Waals surface area contributed by atoms with Crippen molar-refractivity contribution in [2.45, 2.75) is 25.7 Å². The molecule has 1 aromatic carbocycles. The van der Waals surface area contributed by atoms with Crippen LogP contribution < -0.4 is 14.4 Å². The summed E-state index contributed by atoms with van der Waals surface area (Å²) < 4.78 is 25.1. The van der Waals surface area contributed by atoms with Gasteiger partial charge in [0, 0.05) is 23.3 Å². The zero-order chi connectivity index (χ0) is 15.3. The fourth-order valence-corrected chi connectivity index (χ4v) is 3.18. The van der Waals surface area contributed by atoms with Crippen molar-refractivity contribution in [3.63, 3.8) is 0 Å². The van der Waals surface area contributed by atoms with Gasteiger partial charge in [0.1, 0.15) is 13.2 Å². The summed E-state index contributed by atoms with van der Waals surface area (Å²) >= 11 is 0. The van der Waals surface area contributed by atoms with Crippen LogP contribution in [0.25, 0.3) is 0 Å². The van der Waals surface area contributed by atoms with E-state index in [0.717, 1.165) is 17.7 Å². The van der Waals surface area contributed by atoms with Crippen LogP contribution >= 0.6 is 0 Å². The Bertz CT molecular complexity index is 697. The van der Waals surface area contributed by atoms with Crippen molar-refractivity contribution in [1.29, 1.82) is 0 Å². The van der Waals surface area contributed by atoms with Gasteiger partial charge in [0.2, 0.25) is 0 Å². The van der Waals surface area contributed by atoms with E-state index >= 15 is 0 Å². The van der Waals surface area contributed by atoms with Gasteiger partial charge in [-0.1, -0.05) is 0 Å². The SMILES string of the molecule is O=C1C2=C(CCCC2)C(=O)N1c1cc2c(cc1F)OCCO2. The van der Waals surface area contributed by atoms with Gasteiger partial charge in [-0.15, -0.1) is 0 Å². The molecule has 6 heteroatoms. The molecule has 2 aliphatic heterocycles. The molecule has 0 radical (unpaired) electrons. The molecule has 0 spiro atoms. The van der Waals surface area contributed by atoms with Gasteiger partial charge in [-0.25, -0.2) is 9.29 Å². The second kappa shape index (κ2) is 4.83. The molecule has 1 aromatic rings. The summed E-state index contributed by atoms with van der Waals surface area (Å²) in [7, 11) is 0. The number of benzene rings is 1. The Morgan fingerprint density at radius 3 is 2.05 bits per heavy atom. The molecule has 0 atom stereocenters. The Morgan fingerprint density at radius 2 is 1.45 bits per heavy atom. The van der Waals surface area contributed by atoms with Crippen LogP contribution in [0.5, 0.6) is 11.5 Å². The Hall–Kier alpha value is -2.37. The summed E-state index contributed by atoms with van der Waals surface area (Å²) in [6, 6.07) is 2.54. The van der Waals surface area contributed by atoms with E-state index in [9.17, 15) is 14.0 Å². The average molecular weight is 303 g/mol. The molecule has 2 amide bonds. The molecule has 0 N–H and O–H groups in total. The van der Waals surface area contributed by atoms with Crippen LogP contribution in [0.2, 0.25) is 0 Å². The first-order valence-electron chi connectivity index (χ1n) is 7.37. The molecule has 114 valence electrons. The molecular formula is C16H14FNO4. The zero-order valence-electron chi connectivity index (χ0n) is 11.9. The summed E-state index contributed by atoms with van der Waals surface area (Å²) in [6.07, 6.45) is 2.94. The molecule has 4 rings (SSSR count). The third-order valence-electron chi connectivity index (χ3n) is 4.24. The number of carbonyl (C=O) groups excluding carboxylic acids is 2. The van der Waals surface area contributed by atoms with Crippen LogP contribution in [0, 0.1) is 5.82 Å². The van der Waals surface area contributed by atoms with Gasteiger partial charge in [0.15, 0.2) is 17.3 Å². The number of fused-ring (bicyclic) bond motifs is 1. The number of ether oxygens (including phenoxy) is 2. The smallest absolute Gasteiger partial charge is 0.261 e. The first-order valence-corrected chi connectivity index (χ1v) is 7.37. The lowest BCUT2D eigenvalue weighted by molar-refractivity contribution is -0.120. The van der Waals surface area contributed by atoms with E-state index < -0.39 is 17.6 Å². The highest BCUT2D eigenvalue weighted by Gasteiger charge is 2.41. The Balaban J connectivity index is 1.77. The maximum Gasteiger partial charge on any atom is 0.261 e. The first kappa shape index (κ1) is 13.3. The molecule has 0 saturated heterocycles. The van der Waals surface area contributed by atoms with Crippen LogP contribution in [0.15, 0.2) is 23.3 Å². The number of hydrogen-bond donors (Lipinski definition) is 0. The summed E-state index contributed by atoms with van der Waals surface area (Å²) in [4.78, 5) is 25.9. The molecule has 0 aromatic heterocycles. The van der Waals surface area contributed by atoms with E-state index in [4.69, 9.17) is 9.47 Å². The number of rotatable bonds is 1. The highest BCUT2D eigenvalue weighted by molar-refractivity contribution is 6.33. The van der Waals surface area contributed by atoms with E-state index in [1.165, 1.54) is 12.1 Å². The lowest BCUT2D eigenvalue weighted by Crippen LogP contribution is -2.32. The van der Waals surface area contributed by atoms with Gasteiger partial charge in [0.05, 0.1) is 5.69 Å². The molecule has 3 aliphatic rings. The molecular weight excluding hydrogens is 289 g/mol. The Kier molecular flexibility index (Phi) is 2.92. The van der Waals surface area contributed by atoms with Gasteiger partial charge < -0.3 is 9.47 Å². The van der Waals surface area contributed by atoms with Crippen molar-refractivity contribution in [2.24, 2.45) is 0 Å². The first-order chi connectivity index (χ1) is 10.7. The molecule has 0 bridgehead atoms. The standard InChI is InChI=1S/C16H14FNO4/c17-11-7-13-14(22-6-5-21-13)8-12(11)18-15(19)9-3-1-2-4-10(9)16(18)20/h7-8H,1-6H2. The minimum atomic E-state index is -0.661. The molecule has 5 nitrogen and oxygen atoms in total. The zero-order valence-corrected chi connectivity index (χ0v) is 11.9. The predicted octanol–water partition coefficient (Wildman–Crippen LogP) is 2.34. The van der Waals surface area contributed by atoms with E-state index in [1.807, 2.05) is 0 Å². The summed E-state index contributed by atoms with van der Waals surface area (Å²) in [6.45, 7) is 0.706. The largest absolute Gasteiger partial charge is 0.486 e. The second-order valence-electron chi connectivity index (χ2n) is 5.56. The van der Waals surface area contributed by atoms with Crippen molar-refractivity contribution in [1.82, 2.24) is 0 Å². The number of imide groups is 1. The second-order valence-corrected chi connectivity index (χ2v) is 5.56. The molecule has 0 unspecified atom stereocenters. The number of hydrogen-bond acceptors (Lipinski definition) is 4. The third kappa shape index (κ3) is 1.83. The van der Waals surface area contributed by atoms with Gasteiger partial charge in [0.25, 0.3) is 11.8 Å². The Morgan fingerprint density at radius 1 is 0.909 bits per heavy atom. The van der Waals surface area contributed by atoms with Crippen LogP contribution in [0.1, 0.15) is 25.7 Å². The van der Waals surface area contributed by atoms with E-state index in [1.54, 1.807) is 0 Å². The predicted molar refractivity (Wildman–Crippen MR) is 75.4 cm³/mol. The van der Waals surface area contributed by atoms with Gasteiger partial charge in [-0.2, -0.15) is 0 Å².